The van der Waals surface area contributed by atoms with Crippen LogP contribution in [0.15, 0.2) is 35.3 Å². The minimum absolute atomic E-state index is 0.633. The first kappa shape index (κ1) is 18.1. The summed E-state index contributed by atoms with van der Waals surface area (Å²) in [6.07, 6.45) is 2.42. The smallest absolute Gasteiger partial charge is 0.193 e. The molecule has 1 aromatic rings. The van der Waals surface area contributed by atoms with Gasteiger partial charge in [-0.25, -0.2) is 0 Å². The van der Waals surface area contributed by atoms with Crippen molar-refractivity contribution in [1.82, 2.24) is 10.2 Å². The topological polar surface area (TPSA) is 40.1 Å². The van der Waals surface area contributed by atoms with Crippen LogP contribution in [0, 0.1) is 11.8 Å². The van der Waals surface area contributed by atoms with Crippen molar-refractivity contribution in [3.05, 3.63) is 30.3 Å². The summed E-state index contributed by atoms with van der Waals surface area (Å²) in [6.45, 7) is 9.22. The van der Waals surface area contributed by atoms with Crippen molar-refractivity contribution in [3.63, 3.8) is 0 Å². The Balaban J connectivity index is 1.54. The van der Waals surface area contributed by atoms with Gasteiger partial charge in [-0.15, -0.1) is 0 Å². The molecule has 0 saturated carbocycles. The fraction of sp³-hybridized carbons (Fsp3) is 0.650. The highest BCUT2D eigenvalue weighted by Crippen LogP contribution is 2.24. The minimum Gasteiger partial charge on any atom is -0.384 e. The number of nitrogens with one attached hydrogen (secondary N) is 1. The summed E-state index contributed by atoms with van der Waals surface area (Å²) < 4.78 is 5.32. The van der Waals surface area contributed by atoms with Crippen molar-refractivity contribution in [2.45, 2.75) is 19.8 Å². The molecule has 5 nitrogen and oxygen atoms in total. The molecule has 25 heavy (non-hydrogen) atoms. The Labute approximate surface area is 152 Å². The lowest BCUT2D eigenvalue weighted by Crippen LogP contribution is -2.40. The van der Waals surface area contributed by atoms with Gasteiger partial charge in [-0.05, 0) is 37.8 Å². The summed E-state index contributed by atoms with van der Waals surface area (Å²) in [4.78, 5) is 9.85. The Kier molecular flexibility index (Phi) is 6.56. The molecule has 0 spiro atoms. The normalized spacial score (nSPS) is 24.2. The second-order valence-electron chi connectivity index (χ2n) is 7.19. The number of ether oxygens (including phenoxy) is 1. The maximum absolute atomic E-state index is 5.32. The number of para-hydroxylation sites is 1. The molecule has 2 atom stereocenters. The van der Waals surface area contributed by atoms with Crippen molar-refractivity contribution < 1.29 is 4.74 Å². The summed E-state index contributed by atoms with van der Waals surface area (Å²) in [7, 11) is 1.79. The van der Waals surface area contributed by atoms with Crippen LogP contribution in [0.1, 0.15) is 19.8 Å². The molecule has 0 aliphatic carbocycles. The Morgan fingerprint density at radius 2 is 1.96 bits per heavy atom. The highest BCUT2D eigenvalue weighted by atomic mass is 16.5. The summed E-state index contributed by atoms with van der Waals surface area (Å²) in [5.74, 6) is 2.36. The second kappa shape index (κ2) is 9.09. The molecule has 2 saturated heterocycles. The van der Waals surface area contributed by atoms with E-state index in [9.17, 15) is 0 Å². The lowest BCUT2D eigenvalue weighted by atomic mass is 10.1. The zero-order valence-electron chi connectivity index (χ0n) is 15.7. The number of aliphatic imine (C=N–C) groups is 1. The Hall–Kier alpha value is -1.75. The van der Waals surface area contributed by atoms with Crippen molar-refractivity contribution in [3.8, 4) is 0 Å². The molecule has 5 heteroatoms. The van der Waals surface area contributed by atoms with Crippen LogP contribution in [-0.4, -0.2) is 63.8 Å². The summed E-state index contributed by atoms with van der Waals surface area (Å²) in [5, 5.41) is 3.48. The monoisotopic (exact) mass is 344 g/mol. The number of guanidine groups is 1. The van der Waals surface area contributed by atoms with Crippen LogP contribution in [0.25, 0.3) is 0 Å². The lowest BCUT2D eigenvalue weighted by Gasteiger charge is -2.22. The van der Waals surface area contributed by atoms with E-state index in [-0.39, 0.29) is 0 Å². The van der Waals surface area contributed by atoms with E-state index in [4.69, 9.17) is 9.73 Å². The highest BCUT2D eigenvalue weighted by Gasteiger charge is 2.26. The number of rotatable bonds is 6. The second-order valence-corrected chi connectivity index (χ2v) is 7.19. The summed E-state index contributed by atoms with van der Waals surface area (Å²) >= 11 is 0. The standard InChI is InChI=1S/C20H32N4O/c1-3-21-20(24-12-10-18(15-24)16-25-2)22-13-17-9-11-23(14-17)19-7-5-4-6-8-19/h4-8,17-18H,3,9-16H2,1-2H3,(H,21,22). The maximum atomic E-state index is 5.32. The number of nitrogens with zero attached hydrogens (tertiary/aromatic N) is 3. The van der Waals surface area contributed by atoms with Gasteiger partial charge in [-0.1, -0.05) is 18.2 Å². The van der Waals surface area contributed by atoms with Crippen LogP contribution in [0.5, 0.6) is 0 Å². The molecule has 2 unspecified atom stereocenters. The van der Waals surface area contributed by atoms with Crippen molar-refractivity contribution >= 4 is 11.6 Å². The molecule has 0 radical (unpaired) electrons. The first-order valence-electron chi connectivity index (χ1n) is 9.62. The van der Waals surface area contributed by atoms with E-state index in [0.717, 1.165) is 51.8 Å². The fourth-order valence-electron chi connectivity index (χ4n) is 3.89. The largest absolute Gasteiger partial charge is 0.384 e. The molecule has 0 bridgehead atoms. The third-order valence-corrected chi connectivity index (χ3v) is 5.23. The van der Waals surface area contributed by atoms with Gasteiger partial charge in [-0.3, -0.25) is 4.99 Å². The van der Waals surface area contributed by atoms with Crippen LogP contribution < -0.4 is 10.2 Å². The Morgan fingerprint density at radius 3 is 2.72 bits per heavy atom. The third kappa shape index (κ3) is 4.88. The number of methoxy groups -OCH3 is 1. The van der Waals surface area contributed by atoms with Gasteiger partial charge in [0.1, 0.15) is 0 Å². The van der Waals surface area contributed by atoms with Crippen LogP contribution in [0.4, 0.5) is 5.69 Å². The fourth-order valence-corrected chi connectivity index (χ4v) is 3.89. The van der Waals surface area contributed by atoms with Gasteiger partial charge in [0, 0.05) is 58.0 Å². The van der Waals surface area contributed by atoms with E-state index in [2.05, 4.69) is 52.4 Å². The van der Waals surface area contributed by atoms with E-state index in [1.807, 2.05) is 0 Å². The molecular formula is C20H32N4O. The predicted molar refractivity (Wildman–Crippen MR) is 104 cm³/mol. The minimum atomic E-state index is 0.633. The van der Waals surface area contributed by atoms with E-state index in [1.54, 1.807) is 7.11 Å². The van der Waals surface area contributed by atoms with Crippen LogP contribution >= 0.6 is 0 Å². The molecule has 1 aromatic carbocycles. The molecule has 2 aliphatic heterocycles. The van der Waals surface area contributed by atoms with Gasteiger partial charge < -0.3 is 19.9 Å². The molecule has 0 amide bonds. The number of likely N-dealkylation sites (tertiary alicyclic amines) is 1. The zero-order chi connectivity index (χ0) is 17.5. The number of benzene rings is 1. The van der Waals surface area contributed by atoms with Gasteiger partial charge in [0.15, 0.2) is 5.96 Å². The van der Waals surface area contributed by atoms with Crippen molar-refractivity contribution in [2.24, 2.45) is 16.8 Å². The summed E-state index contributed by atoms with van der Waals surface area (Å²) in [5.41, 5.74) is 1.34. The number of hydrogen-bond donors (Lipinski definition) is 1. The van der Waals surface area contributed by atoms with E-state index >= 15 is 0 Å². The molecule has 1 N–H and O–H groups in total. The van der Waals surface area contributed by atoms with E-state index < -0.39 is 0 Å². The first-order valence-corrected chi connectivity index (χ1v) is 9.62. The van der Waals surface area contributed by atoms with Crippen molar-refractivity contribution in [2.75, 3.05) is 57.9 Å². The van der Waals surface area contributed by atoms with Gasteiger partial charge in [0.2, 0.25) is 0 Å². The maximum Gasteiger partial charge on any atom is 0.193 e. The molecular weight excluding hydrogens is 312 g/mol. The lowest BCUT2D eigenvalue weighted by molar-refractivity contribution is 0.157. The average molecular weight is 345 g/mol. The molecule has 2 aliphatic rings. The van der Waals surface area contributed by atoms with Gasteiger partial charge in [0.05, 0.1) is 6.61 Å². The average Bonchev–Trinajstić information content (AvgIpc) is 3.29. The van der Waals surface area contributed by atoms with Gasteiger partial charge >= 0.3 is 0 Å². The predicted octanol–water partition coefficient (Wildman–Crippen LogP) is 2.45. The number of anilines is 1. The molecule has 3 rings (SSSR count). The number of hydrogen-bond acceptors (Lipinski definition) is 3. The van der Waals surface area contributed by atoms with Crippen LogP contribution in [0.2, 0.25) is 0 Å². The molecule has 0 aromatic heterocycles. The van der Waals surface area contributed by atoms with Crippen LogP contribution in [0.3, 0.4) is 0 Å². The quantitative estimate of drug-likeness (QED) is 0.636. The Morgan fingerprint density at radius 1 is 1.16 bits per heavy atom. The molecule has 2 heterocycles. The van der Waals surface area contributed by atoms with E-state index in [0.29, 0.717) is 11.8 Å². The Bertz CT molecular complexity index is 548. The van der Waals surface area contributed by atoms with E-state index in [1.165, 1.54) is 18.5 Å². The highest BCUT2D eigenvalue weighted by molar-refractivity contribution is 5.80. The van der Waals surface area contributed by atoms with Crippen molar-refractivity contribution in [1.29, 1.82) is 0 Å². The van der Waals surface area contributed by atoms with Gasteiger partial charge in [-0.2, -0.15) is 0 Å². The van der Waals surface area contributed by atoms with Crippen LogP contribution in [-0.2, 0) is 4.74 Å². The van der Waals surface area contributed by atoms with Gasteiger partial charge in [0.25, 0.3) is 0 Å². The SMILES string of the molecule is CCNC(=NCC1CCN(c2ccccc2)C1)N1CCC(COC)C1. The third-order valence-electron chi connectivity index (χ3n) is 5.23. The first-order chi connectivity index (χ1) is 12.3. The molecule has 2 fully saturated rings. The summed E-state index contributed by atoms with van der Waals surface area (Å²) in [6, 6.07) is 10.7. The molecule has 138 valence electrons. The zero-order valence-corrected chi connectivity index (χ0v) is 15.7.